The van der Waals surface area contributed by atoms with E-state index in [0.717, 1.165) is 79.4 Å². The summed E-state index contributed by atoms with van der Waals surface area (Å²) in [7, 11) is 0. The lowest BCUT2D eigenvalue weighted by molar-refractivity contribution is -0.142. The molecule has 0 unspecified atom stereocenters. The standard InChI is InChI=1S/C17H22ClNO.C8H7F3.C2H6/c1-13-7-11-19(12-8-13)16(20)17(9-2-10-17)14-3-5-15(18)6-4-14;1-6-2-4-7(5-3-6)8(9,10)11;1-2/h3-6,13H,2,7-12H2,1H3;2-5H,1H3;1-2H3. The number of rotatable bonds is 2. The summed E-state index contributed by atoms with van der Waals surface area (Å²) < 4.78 is 35.8. The molecule has 1 aliphatic carbocycles. The molecule has 1 saturated heterocycles. The number of carbonyl (C=O) groups is 1. The van der Waals surface area contributed by atoms with E-state index in [2.05, 4.69) is 11.8 Å². The van der Waals surface area contributed by atoms with Crippen molar-refractivity contribution in [2.24, 2.45) is 5.92 Å². The smallest absolute Gasteiger partial charge is 0.342 e. The van der Waals surface area contributed by atoms with Gasteiger partial charge in [-0.2, -0.15) is 13.2 Å². The molecule has 0 radical (unpaired) electrons. The van der Waals surface area contributed by atoms with Crippen LogP contribution in [0.25, 0.3) is 0 Å². The largest absolute Gasteiger partial charge is 0.416 e. The lowest BCUT2D eigenvalue weighted by Gasteiger charge is -2.45. The molecule has 1 saturated carbocycles. The van der Waals surface area contributed by atoms with Crippen LogP contribution in [-0.2, 0) is 16.4 Å². The summed E-state index contributed by atoms with van der Waals surface area (Å²) in [5, 5.41) is 0.738. The Hall–Kier alpha value is -2.01. The molecule has 2 fully saturated rings. The van der Waals surface area contributed by atoms with Crippen LogP contribution < -0.4 is 0 Å². The van der Waals surface area contributed by atoms with Crippen LogP contribution in [-0.4, -0.2) is 23.9 Å². The maximum atomic E-state index is 13.0. The predicted octanol–water partition coefficient (Wildman–Crippen LogP) is 8.06. The van der Waals surface area contributed by atoms with Gasteiger partial charge >= 0.3 is 6.18 Å². The number of benzene rings is 2. The topological polar surface area (TPSA) is 20.3 Å². The summed E-state index contributed by atoms with van der Waals surface area (Å²) in [6.45, 7) is 9.88. The van der Waals surface area contributed by atoms with Crippen LogP contribution in [0.5, 0.6) is 0 Å². The van der Waals surface area contributed by atoms with E-state index < -0.39 is 11.7 Å². The zero-order chi connectivity index (χ0) is 24.6. The Morgan fingerprint density at radius 3 is 1.91 bits per heavy atom. The van der Waals surface area contributed by atoms with Gasteiger partial charge in [0.1, 0.15) is 0 Å². The summed E-state index contributed by atoms with van der Waals surface area (Å²) in [6.07, 6.45) is 1.19. The average Bonchev–Trinajstić information content (AvgIpc) is 2.76. The van der Waals surface area contributed by atoms with Gasteiger partial charge in [0.2, 0.25) is 5.91 Å². The zero-order valence-corrected chi connectivity index (χ0v) is 20.8. The Morgan fingerprint density at radius 2 is 1.48 bits per heavy atom. The van der Waals surface area contributed by atoms with Crippen molar-refractivity contribution in [2.45, 2.75) is 71.4 Å². The highest BCUT2D eigenvalue weighted by molar-refractivity contribution is 6.30. The number of amides is 1. The highest BCUT2D eigenvalue weighted by Gasteiger charge is 2.47. The Bertz CT molecular complexity index is 866. The van der Waals surface area contributed by atoms with Crippen molar-refractivity contribution in [3.63, 3.8) is 0 Å². The number of carbonyl (C=O) groups excluding carboxylic acids is 1. The molecule has 2 aromatic rings. The van der Waals surface area contributed by atoms with Crippen LogP contribution in [0.15, 0.2) is 48.5 Å². The van der Waals surface area contributed by atoms with E-state index in [1.54, 1.807) is 6.92 Å². The molecule has 0 atom stereocenters. The average molecular weight is 482 g/mol. The fourth-order valence-electron chi connectivity index (χ4n) is 4.18. The van der Waals surface area contributed by atoms with Crippen LogP contribution in [0.2, 0.25) is 5.02 Å². The third-order valence-corrected chi connectivity index (χ3v) is 6.72. The van der Waals surface area contributed by atoms with Crippen molar-refractivity contribution in [3.8, 4) is 0 Å². The molecule has 0 bridgehead atoms. The normalized spacial score (nSPS) is 17.6. The first-order chi connectivity index (χ1) is 15.6. The number of aryl methyl sites for hydroxylation is 1. The molecule has 1 amide bonds. The van der Waals surface area contributed by atoms with Crippen LogP contribution in [0.4, 0.5) is 13.2 Å². The van der Waals surface area contributed by atoms with Gasteiger partial charge in [-0.25, -0.2) is 0 Å². The quantitative estimate of drug-likeness (QED) is 0.424. The molecule has 2 aliphatic rings. The summed E-state index contributed by atoms with van der Waals surface area (Å²) in [5.41, 5.74) is 1.13. The number of nitrogens with zero attached hydrogens (tertiary/aromatic N) is 1. The second-order valence-electron chi connectivity index (χ2n) is 8.78. The molecule has 0 N–H and O–H groups in total. The van der Waals surface area contributed by atoms with Gasteiger partial charge in [-0.05, 0) is 68.4 Å². The Morgan fingerprint density at radius 1 is 0.970 bits per heavy atom. The summed E-state index contributed by atoms with van der Waals surface area (Å²) in [4.78, 5) is 15.1. The SMILES string of the molecule is CC.CC1CCN(C(=O)C2(c3ccc(Cl)cc3)CCC2)CC1.Cc1ccc(C(F)(F)F)cc1. The highest BCUT2D eigenvalue weighted by Crippen LogP contribution is 2.46. The summed E-state index contributed by atoms with van der Waals surface area (Å²) in [6, 6.07) is 12.9. The molecule has 33 heavy (non-hydrogen) atoms. The predicted molar refractivity (Wildman–Crippen MR) is 129 cm³/mol. The molecule has 182 valence electrons. The van der Waals surface area contributed by atoms with Gasteiger partial charge in [-0.1, -0.05) is 68.6 Å². The van der Waals surface area contributed by atoms with Crippen molar-refractivity contribution in [2.75, 3.05) is 13.1 Å². The van der Waals surface area contributed by atoms with Crippen LogP contribution >= 0.6 is 11.6 Å². The maximum Gasteiger partial charge on any atom is 0.416 e. The first kappa shape index (κ1) is 27.2. The van der Waals surface area contributed by atoms with Crippen LogP contribution in [0.3, 0.4) is 0 Å². The first-order valence-corrected chi connectivity index (χ1v) is 12.2. The van der Waals surface area contributed by atoms with E-state index in [1.165, 1.54) is 12.1 Å². The number of halogens is 4. The lowest BCUT2D eigenvalue weighted by Crippen LogP contribution is -2.52. The molecule has 2 nitrogen and oxygen atoms in total. The molecule has 4 rings (SSSR count). The number of piperidine rings is 1. The Labute approximate surface area is 201 Å². The molecular formula is C27H35ClF3NO. The van der Waals surface area contributed by atoms with E-state index in [9.17, 15) is 18.0 Å². The third kappa shape index (κ3) is 6.99. The zero-order valence-electron chi connectivity index (χ0n) is 20.0. The lowest BCUT2D eigenvalue weighted by atomic mass is 9.63. The molecular weight excluding hydrogens is 447 g/mol. The molecule has 0 aromatic heterocycles. The third-order valence-electron chi connectivity index (χ3n) is 6.46. The molecule has 1 heterocycles. The summed E-state index contributed by atoms with van der Waals surface area (Å²) in [5.74, 6) is 1.10. The van der Waals surface area contributed by atoms with Gasteiger partial charge in [0, 0.05) is 18.1 Å². The van der Waals surface area contributed by atoms with Gasteiger partial charge in [0.05, 0.1) is 11.0 Å². The summed E-state index contributed by atoms with van der Waals surface area (Å²) >= 11 is 5.97. The monoisotopic (exact) mass is 481 g/mol. The number of hydrogen-bond donors (Lipinski definition) is 0. The van der Waals surface area contributed by atoms with Gasteiger partial charge in [-0.3, -0.25) is 4.79 Å². The Balaban J connectivity index is 0.000000252. The molecule has 1 aliphatic heterocycles. The van der Waals surface area contributed by atoms with Gasteiger partial charge in [0.25, 0.3) is 0 Å². The number of hydrogen-bond acceptors (Lipinski definition) is 1. The fourth-order valence-corrected chi connectivity index (χ4v) is 4.31. The second-order valence-corrected chi connectivity index (χ2v) is 9.22. The van der Waals surface area contributed by atoms with E-state index in [4.69, 9.17) is 11.6 Å². The molecule has 0 spiro atoms. The fraction of sp³-hybridized carbons (Fsp3) is 0.519. The van der Waals surface area contributed by atoms with Gasteiger partial charge in [0.15, 0.2) is 0 Å². The highest BCUT2D eigenvalue weighted by atomic mass is 35.5. The van der Waals surface area contributed by atoms with Crippen LogP contribution in [0, 0.1) is 12.8 Å². The van der Waals surface area contributed by atoms with Gasteiger partial charge in [-0.15, -0.1) is 0 Å². The van der Waals surface area contributed by atoms with Crippen molar-refractivity contribution in [1.29, 1.82) is 0 Å². The minimum Gasteiger partial charge on any atom is -0.342 e. The van der Waals surface area contributed by atoms with Crippen LogP contribution in [0.1, 0.15) is 69.6 Å². The number of alkyl halides is 3. The van der Waals surface area contributed by atoms with Gasteiger partial charge < -0.3 is 4.90 Å². The second kappa shape index (κ2) is 11.9. The van der Waals surface area contributed by atoms with Crippen molar-refractivity contribution < 1.29 is 18.0 Å². The molecule has 6 heteroatoms. The van der Waals surface area contributed by atoms with Crippen molar-refractivity contribution >= 4 is 17.5 Å². The first-order valence-electron chi connectivity index (χ1n) is 11.8. The van der Waals surface area contributed by atoms with E-state index in [1.807, 2.05) is 38.1 Å². The minimum absolute atomic E-state index is 0.259. The molecule has 2 aromatic carbocycles. The Kier molecular flexibility index (Phi) is 9.84. The van der Waals surface area contributed by atoms with Crippen molar-refractivity contribution in [3.05, 3.63) is 70.2 Å². The van der Waals surface area contributed by atoms with E-state index in [-0.39, 0.29) is 5.41 Å². The van der Waals surface area contributed by atoms with Crippen molar-refractivity contribution in [1.82, 2.24) is 4.90 Å². The minimum atomic E-state index is -4.21. The maximum absolute atomic E-state index is 13.0. The van der Waals surface area contributed by atoms with E-state index >= 15 is 0 Å². The number of likely N-dealkylation sites (tertiary alicyclic amines) is 1. The van der Waals surface area contributed by atoms with E-state index in [0.29, 0.717) is 5.91 Å².